The smallest absolute Gasteiger partial charge is 0.0544 e. The van der Waals surface area contributed by atoms with E-state index in [4.69, 9.17) is 0 Å². The second-order valence-corrected chi connectivity index (χ2v) is 6.94. The van der Waals surface area contributed by atoms with Crippen LogP contribution in [-0.2, 0) is 13.1 Å². The predicted octanol–water partition coefficient (Wildman–Crippen LogP) is 3.34. The largest absolute Gasteiger partial charge is 0.308 e. The average Bonchev–Trinajstić information content (AvgIpc) is 2.84. The Kier molecular flexibility index (Phi) is 5.17. The number of nitrogens with one attached hydrogen (secondary N) is 1. The molecule has 1 N–H and O–H groups in total. The fourth-order valence-corrected chi connectivity index (χ4v) is 2.79. The normalized spacial score (nSPS) is 20.5. The third kappa shape index (κ3) is 4.57. The first-order chi connectivity index (χ1) is 9.48. The fourth-order valence-electron chi connectivity index (χ4n) is 2.79. The van der Waals surface area contributed by atoms with Crippen LogP contribution in [0.5, 0.6) is 0 Å². The van der Waals surface area contributed by atoms with Gasteiger partial charge in [0.05, 0.1) is 5.69 Å². The molecule has 20 heavy (non-hydrogen) atoms. The maximum absolute atomic E-state index is 4.63. The van der Waals surface area contributed by atoms with Gasteiger partial charge in [-0.25, -0.2) is 0 Å². The third-order valence-electron chi connectivity index (χ3n) is 4.04. The predicted molar refractivity (Wildman–Crippen MR) is 84.6 cm³/mol. The minimum Gasteiger partial charge on any atom is -0.308 e. The van der Waals surface area contributed by atoms with E-state index < -0.39 is 0 Å². The van der Waals surface area contributed by atoms with E-state index in [1.54, 1.807) is 0 Å². The second kappa shape index (κ2) is 6.68. The quantitative estimate of drug-likeness (QED) is 0.893. The van der Waals surface area contributed by atoms with Gasteiger partial charge in [-0.3, -0.25) is 9.88 Å². The molecular formula is C17H29N3. The summed E-state index contributed by atoms with van der Waals surface area (Å²) in [6.45, 7) is 12.0. The number of hydrogen-bond donors (Lipinski definition) is 1. The standard InChI is InChI=1S/C17H29N3/c1-5-16-7-6-10-20(16)13-15-9-8-14(11-18-15)12-19-17(2,3)4/h8-9,11,16,19H,5-7,10,12-13H2,1-4H3. The van der Waals surface area contributed by atoms with Crippen molar-refractivity contribution in [3.63, 3.8) is 0 Å². The zero-order valence-electron chi connectivity index (χ0n) is 13.4. The topological polar surface area (TPSA) is 28.2 Å². The highest BCUT2D eigenvalue weighted by atomic mass is 15.2. The summed E-state index contributed by atoms with van der Waals surface area (Å²) in [4.78, 5) is 7.21. The first-order valence-corrected chi connectivity index (χ1v) is 7.91. The molecular weight excluding hydrogens is 246 g/mol. The van der Waals surface area contributed by atoms with Crippen molar-refractivity contribution in [1.29, 1.82) is 0 Å². The summed E-state index contributed by atoms with van der Waals surface area (Å²) in [5.41, 5.74) is 2.62. The molecule has 3 heteroatoms. The van der Waals surface area contributed by atoms with Crippen molar-refractivity contribution in [2.24, 2.45) is 0 Å². The third-order valence-corrected chi connectivity index (χ3v) is 4.04. The molecule has 1 aliphatic rings. The molecule has 1 saturated heterocycles. The summed E-state index contributed by atoms with van der Waals surface area (Å²) < 4.78 is 0. The van der Waals surface area contributed by atoms with Gasteiger partial charge in [-0.05, 0) is 58.2 Å². The maximum Gasteiger partial charge on any atom is 0.0544 e. The SMILES string of the molecule is CCC1CCCN1Cc1ccc(CNC(C)(C)C)cn1. The Hall–Kier alpha value is -0.930. The minimum absolute atomic E-state index is 0.155. The number of pyridine rings is 1. The number of nitrogens with zero attached hydrogens (tertiary/aromatic N) is 2. The summed E-state index contributed by atoms with van der Waals surface area (Å²) in [6, 6.07) is 5.15. The highest BCUT2D eigenvalue weighted by molar-refractivity contribution is 5.14. The number of hydrogen-bond acceptors (Lipinski definition) is 3. The number of aromatic nitrogens is 1. The van der Waals surface area contributed by atoms with E-state index in [9.17, 15) is 0 Å². The fraction of sp³-hybridized carbons (Fsp3) is 0.706. The van der Waals surface area contributed by atoms with Gasteiger partial charge in [-0.15, -0.1) is 0 Å². The number of likely N-dealkylation sites (tertiary alicyclic amines) is 1. The molecule has 1 aromatic rings. The first-order valence-electron chi connectivity index (χ1n) is 7.91. The molecule has 0 bridgehead atoms. The van der Waals surface area contributed by atoms with E-state index in [0.717, 1.165) is 19.1 Å². The Balaban J connectivity index is 1.88. The maximum atomic E-state index is 4.63. The molecule has 1 aromatic heterocycles. The molecule has 0 aliphatic carbocycles. The molecule has 1 unspecified atom stereocenters. The lowest BCUT2D eigenvalue weighted by Gasteiger charge is -2.23. The van der Waals surface area contributed by atoms with Crippen LogP contribution >= 0.6 is 0 Å². The highest BCUT2D eigenvalue weighted by Gasteiger charge is 2.22. The van der Waals surface area contributed by atoms with E-state index in [2.05, 4.69) is 55.0 Å². The lowest BCUT2D eigenvalue weighted by Crippen LogP contribution is -2.35. The van der Waals surface area contributed by atoms with E-state index >= 15 is 0 Å². The van der Waals surface area contributed by atoms with Gasteiger partial charge in [0.2, 0.25) is 0 Å². The van der Waals surface area contributed by atoms with Gasteiger partial charge >= 0.3 is 0 Å². The molecule has 0 spiro atoms. The van der Waals surface area contributed by atoms with E-state index in [1.165, 1.54) is 37.1 Å². The lowest BCUT2D eigenvalue weighted by atomic mass is 10.1. The van der Waals surface area contributed by atoms with Crippen molar-refractivity contribution < 1.29 is 0 Å². The van der Waals surface area contributed by atoms with Crippen LogP contribution in [0.15, 0.2) is 18.3 Å². The molecule has 0 amide bonds. The molecule has 2 heterocycles. The molecule has 1 aliphatic heterocycles. The van der Waals surface area contributed by atoms with Gasteiger partial charge in [0.1, 0.15) is 0 Å². The summed E-state index contributed by atoms with van der Waals surface area (Å²) in [6.07, 6.45) is 5.97. The molecule has 1 atom stereocenters. The summed E-state index contributed by atoms with van der Waals surface area (Å²) >= 11 is 0. The molecule has 1 fully saturated rings. The Labute approximate surface area is 123 Å². The van der Waals surface area contributed by atoms with E-state index in [1.807, 2.05) is 6.20 Å². The Morgan fingerprint density at radius 3 is 2.75 bits per heavy atom. The minimum atomic E-state index is 0.155. The Bertz CT molecular complexity index is 405. The van der Waals surface area contributed by atoms with Gasteiger partial charge in [-0.1, -0.05) is 13.0 Å². The zero-order chi connectivity index (χ0) is 14.6. The van der Waals surface area contributed by atoms with Crippen molar-refractivity contribution in [3.05, 3.63) is 29.6 Å². The summed E-state index contributed by atoms with van der Waals surface area (Å²) in [7, 11) is 0. The van der Waals surface area contributed by atoms with Gasteiger partial charge in [0.25, 0.3) is 0 Å². The number of rotatable bonds is 5. The molecule has 2 rings (SSSR count). The monoisotopic (exact) mass is 275 g/mol. The molecule has 0 saturated carbocycles. The highest BCUT2D eigenvalue weighted by Crippen LogP contribution is 2.21. The molecule has 0 radical (unpaired) electrons. The van der Waals surface area contributed by atoms with Crippen LogP contribution in [0.2, 0.25) is 0 Å². The Morgan fingerprint density at radius 1 is 1.35 bits per heavy atom. The van der Waals surface area contributed by atoms with Gasteiger partial charge in [0.15, 0.2) is 0 Å². The van der Waals surface area contributed by atoms with Gasteiger partial charge in [0, 0.05) is 30.9 Å². The van der Waals surface area contributed by atoms with Crippen molar-refractivity contribution in [2.45, 2.75) is 71.6 Å². The van der Waals surface area contributed by atoms with Crippen LogP contribution < -0.4 is 5.32 Å². The van der Waals surface area contributed by atoms with Crippen LogP contribution in [0.25, 0.3) is 0 Å². The average molecular weight is 275 g/mol. The summed E-state index contributed by atoms with van der Waals surface area (Å²) in [5.74, 6) is 0. The van der Waals surface area contributed by atoms with Gasteiger partial charge < -0.3 is 5.32 Å². The van der Waals surface area contributed by atoms with Crippen molar-refractivity contribution in [1.82, 2.24) is 15.2 Å². The first kappa shape index (κ1) is 15.5. The lowest BCUT2D eigenvalue weighted by molar-refractivity contribution is 0.237. The van der Waals surface area contributed by atoms with Crippen LogP contribution in [0.4, 0.5) is 0 Å². The van der Waals surface area contributed by atoms with Gasteiger partial charge in [-0.2, -0.15) is 0 Å². The van der Waals surface area contributed by atoms with Crippen molar-refractivity contribution in [3.8, 4) is 0 Å². The van der Waals surface area contributed by atoms with Crippen LogP contribution in [0, 0.1) is 0 Å². The van der Waals surface area contributed by atoms with Crippen LogP contribution in [0.1, 0.15) is 58.2 Å². The van der Waals surface area contributed by atoms with E-state index in [-0.39, 0.29) is 5.54 Å². The van der Waals surface area contributed by atoms with E-state index in [0.29, 0.717) is 0 Å². The van der Waals surface area contributed by atoms with Crippen molar-refractivity contribution in [2.75, 3.05) is 6.54 Å². The molecule has 112 valence electrons. The van der Waals surface area contributed by atoms with Crippen LogP contribution in [-0.4, -0.2) is 28.0 Å². The van der Waals surface area contributed by atoms with Crippen LogP contribution in [0.3, 0.4) is 0 Å². The zero-order valence-corrected chi connectivity index (χ0v) is 13.4. The molecule has 3 nitrogen and oxygen atoms in total. The second-order valence-electron chi connectivity index (χ2n) is 6.94. The summed E-state index contributed by atoms with van der Waals surface area (Å²) in [5, 5.41) is 3.50. The molecule has 0 aromatic carbocycles. The van der Waals surface area contributed by atoms with Crippen molar-refractivity contribution >= 4 is 0 Å². The Morgan fingerprint density at radius 2 is 2.15 bits per heavy atom.